The van der Waals surface area contributed by atoms with Gasteiger partial charge >= 0.3 is 5.97 Å². The summed E-state index contributed by atoms with van der Waals surface area (Å²) in [5.74, 6) is 0.0972. The number of benzene rings is 3. The van der Waals surface area contributed by atoms with Gasteiger partial charge in [-0.3, -0.25) is 0 Å². The topological polar surface area (TPSA) is 47.9 Å². The molecular formula is C24H18ClNO3. The van der Waals surface area contributed by atoms with Crippen LogP contribution < -0.4 is 4.74 Å². The van der Waals surface area contributed by atoms with Gasteiger partial charge in [-0.25, -0.2) is 4.79 Å². The average Bonchev–Trinajstić information content (AvgIpc) is 3.09. The van der Waals surface area contributed by atoms with Crippen LogP contribution in [-0.4, -0.2) is 11.7 Å². The van der Waals surface area contributed by atoms with Gasteiger partial charge in [-0.2, -0.15) is 0 Å². The summed E-state index contributed by atoms with van der Waals surface area (Å²) in [5.41, 5.74) is 4.74. The first-order valence-electron chi connectivity index (χ1n) is 9.15. The van der Waals surface area contributed by atoms with Crippen LogP contribution in [0, 0.1) is 6.92 Å². The Morgan fingerprint density at radius 2 is 1.79 bits per heavy atom. The molecule has 0 radical (unpaired) electrons. The van der Waals surface area contributed by atoms with Gasteiger partial charge in [0.1, 0.15) is 18.1 Å². The molecule has 0 bridgehead atoms. The summed E-state index contributed by atoms with van der Waals surface area (Å²) in [7, 11) is 0. The minimum Gasteiger partial charge on any atom is -0.487 e. The van der Waals surface area contributed by atoms with Crippen molar-refractivity contribution < 1.29 is 14.4 Å². The second-order valence-corrected chi connectivity index (χ2v) is 7.11. The summed E-state index contributed by atoms with van der Waals surface area (Å²) >= 11 is 6.40. The third-order valence-electron chi connectivity index (χ3n) is 4.52. The molecule has 0 atom stereocenters. The van der Waals surface area contributed by atoms with Crippen molar-refractivity contribution >= 4 is 29.4 Å². The summed E-state index contributed by atoms with van der Waals surface area (Å²) in [6, 6.07) is 23.0. The number of nitrogens with zero attached hydrogens (tertiary/aromatic N) is 1. The highest BCUT2D eigenvalue weighted by atomic mass is 35.5. The number of carbonyl (C=O) groups excluding carboxylic acids is 1. The van der Waals surface area contributed by atoms with Crippen molar-refractivity contribution in [2.45, 2.75) is 13.5 Å². The minimum absolute atomic E-state index is 0.389. The normalized spacial score (nSPS) is 14.6. The molecule has 1 aliphatic rings. The largest absolute Gasteiger partial charge is 0.487 e. The Hall–Kier alpha value is -3.37. The molecule has 0 saturated heterocycles. The minimum atomic E-state index is -0.486. The van der Waals surface area contributed by atoms with Crippen molar-refractivity contribution in [3.05, 3.63) is 106 Å². The lowest BCUT2D eigenvalue weighted by molar-refractivity contribution is -0.136. The fourth-order valence-corrected chi connectivity index (χ4v) is 3.19. The first-order valence-corrected chi connectivity index (χ1v) is 9.53. The predicted octanol–water partition coefficient (Wildman–Crippen LogP) is 5.57. The molecule has 0 saturated carbocycles. The lowest BCUT2D eigenvalue weighted by Crippen LogP contribution is -2.06. The number of hydrogen-bond donors (Lipinski definition) is 0. The van der Waals surface area contributed by atoms with Crippen molar-refractivity contribution in [2.75, 3.05) is 0 Å². The van der Waals surface area contributed by atoms with E-state index in [0.29, 0.717) is 28.7 Å². The molecule has 29 heavy (non-hydrogen) atoms. The Morgan fingerprint density at radius 3 is 2.52 bits per heavy atom. The van der Waals surface area contributed by atoms with Crippen molar-refractivity contribution in [1.29, 1.82) is 0 Å². The van der Waals surface area contributed by atoms with Crippen LogP contribution in [-0.2, 0) is 16.2 Å². The lowest BCUT2D eigenvalue weighted by atomic mass is 10.0. The maximum Gasteiger partial charge on any atom is 0.368 e. The molecule has 4 nitrogen and oxygen atoms in total. The van der Waals surface area contributed by atoms with E-state index in [1.165, 1.54) is 5.56 Å². The Bertz CT molecular complexity index is 1100. The molecule has 1 aliphatic heterocycles. The van der Waals surface area contributed by atoms with Gasteiger partial charge in [-0.15, -0.1) is 0 Å². The van der Waals surface area contributed by atoms with E-state index in [2.05, 4.69) is 5.16 Å². The molecule has 0 aromatic heterocycles. The van der Waals surface area contributed by atoms with Gasteiger partial charge in [0, 0.05) is 5.56 Å². The van der Waals surface area contributed by atoms with Crippen LogP contribution in [0.15, 0.2) is 83.5 Å². The smallest absolute Gasteiger partial charge is 0.368 e. The number of halogens is 1. The predicted molar refractivity (Wildman–Crippen MR) is 114 cm³/mol. The van der Waals surface area contributed by atoms with E-state index in [9.17, 15) is 4.79 Å². The van der Waals surface area contributed by atoms with Gasteiger partial charge in [-0.05, 0) is 36.3 Å². The Morgan fingerprint density at radius 1 is 1.03 bits per heavy atom. The third-order valence-corrected chi connectivity index (χ3v) is 4.82. The molecule has 3 aromatic rings. The number of carbonyl (C=O) groups is 1. The fraction of sp³-hybridized carbons (Fsp3) is 0.0833. The Kier molecular flexibility index (Phi) is 5.45. The second-order valence-electron chi connectivity index (χ2n) is 6.71. The molecule has 0 spiro atoms. The zero-order chi connectivity index (χ0) is 20.2. The van der Waals surface area contributed by atoms with E-state index < -0.39 is 5.97 Å². The average molecular weight is 404 g/mol. The van der Waals surface area contributed by atoms with E-state index in [-0.39, 0.29) is 0 Å². The molecule has 0 N–H and O–H groups in total. The number of ether oxygens (including phenoxy) is 1. The van der Waals surface area contributed by atoms with Crippen molar-refractivity contribution in [1.82, 2.24) is 0 Å². The van der Waals surface area contributed by atoms with E-state index in [0.717, 1.165) is 16.7 Å². The maximum absolute atomic E-state index is 12.1. The fourth-order valence-electron chi connectivity index (χ4n) is 2.95. The van der Waals surface area contributed by atoms with E-state index in [1.54, 1.807) is 18.2 Å². The lowest BCUT2D eigenvalue weighted by Gasteiger charge is -2.09. The van der Waals surface area contributed by atoms with E-state index in [1.807, 2.05) is 67.6 Å². The van der Waals surface area contributed by atoms with Crippen LogP contribution in [0.2, 0.25) is 5.02 Å². The molecule has 4 rings (SSSR count). The zero-order valence-corrected chi connectivity index (χ0v) is 16.5. The molecule has 144 valence electrons. The van der Waals surface area contributed by atoms with Gasteiger partial charge in [0.05, 0.1) is 10.6 Å². The standard InChI is InChI=1S/C24H18ClNO3/c1-16-7-9-17(10-8-16)15-28-22-12-11-18(14-21(22)25)13-20-23(26-29-24(20)27)19-5-3-2-4-6-19/h2-14H,15H2,1H3/b20-13-. The molecule has 0 amide bonds. The van der Waals surface area contributed by atoms with E-state index in [4.69, 9.17) is 21.2 Å². The van der Waals surface area contributed by atoms with Crippen LogP contribution in [0.4, 0.5) is 0 Å². The number of rotatable bonds is 5. The van der Waals surface area contributed by atoms with Crippen LogP contribution in [0.25, 0.3) is 6.08 Å². The molecular weight excluding hydrogens is 386 g/mol. The number of hydrogen-bond acceptors (Lipinski definition) is 4. The zero-order valence-electron chi connectivity index (χ0n) is 15.8. The number of aryl methyl sites for hydroxylation is 1. The highest BCUT2D eigenvalue weighted by Crippen LogP contribution is 2.28. The summed E-state index contributed by atoms with van der Waals surface area (Å²) < 4.78 is 5.83. The number of oxime groups is 1. The summed E-state index contributed by atoms with van der Waals surface area (Å²) in [4.78, 5) is 17.0. The maximum atomic E-state index is 12.1. The van der Waals surface area contributed by atoms with Crippen LogP contribution in [0.3, 0.4) is 0 Å². The van der Waals surface area contributed by atoms with Crippen molar-refractivity contribution in [3.63, 3.8) is 0 Å². The Balaban J connectivity index is 1.53. The van der Waals surface area contributed by atoms with Crippen molar-refractivity contribution in [2.24, 2.45) is 5.16 Å². The van der Waals surface area contributed by atoms with Gasteiger partial charge in [0.2, 0.25) is 0 Å². The Labute approximate surface area is 174 Å². The van der Waals surface area contributed by atoms with Gasteiger partial charge in [0.25, 0.3) is 0 Å². The van der Waals surface area contributed by atoms with Crippen LogP contribution in [0.1, 0.15) is 22.3 Å². The van der Waals surface area contributed by atoms with Crippen LogP contribution in [0.5, 0.6) is 5.75 Å². The van der Waals surface area contributed by atoms with Crippen LogP contribution >= 0.6 is 11.6 Å². The van der Waals surface area contributed by atoms with Gasteiger partial charge in [-0.1, -0.05) is 83.0 Å². The summed E-state index contributed by atoms with van der Waals surface area (Å²) in [6.45, 7) is 2.47. The highest BCUT2D eigenvalue weighted by molar-refractivity contribution is 6.33. The quantitative estimate of drug-likeness (QED) is 0.413. The monoisotopic (exact) mass is 403 g/mol. The molecule has 0 aliphatic carbocycles. The van der Waals surface area contributed by atoms with Gasteiger partial charge < -0.3 is 9.57 Å². The molecule has 0 fully saturated rings. The van der Waals surface area contributed by atoms with E-state index >= 15 is 0 Å². The molecule has 1 heterocycles. The first kappa shape index (κ1) is 19.0. The summed E-state index contributed by atoms with van der Waals surface area (Å²) in [5, 5.41) is 4.38. The van der Waals surface area contributed by atoms with Gasteiger partial charge in [0.15, 0.2) is 0 Å². The second kappa shape index (κ2) is 8.33. The SMILES string of the molecule is Cc1ccc(COc2ccc(/C=C3\C(=O)ON=C3c3ccccc3)cc2Cl)cc1. The third kappa shape index (κ3) is 4.39. The molecule has 0 unspecified atom stereocenters. The summed E-state index contributed by atoms with van der Waals surface area (Å²) in [6.07, 6.45) is 1.72. The highest BCUT2D eigenvalue weighted by Gasteiger charge is 2.26. The molecule has 5 heteroatoms. The first-order chi connectivity index (χ1) is 14.1. The molecule has 3 aromatic carbocycles. The van der Waals surface area contributed by atoms with Crippen molar-refractivity contribution in [3.8, 4) is 5.75 Å².